The molecule has 0 N–H and O–H groups in total. The largest absolute Gasteiger partial charge is 0.572 e. The van der Waals surface area contributed by atoms with Crippen molar-refractivity contribution in [2.75, 3.05) is 0 Å². The van der Waals surface area contributed by atoms with Gasteiger partial charge in [0.05, 0.1) is 21.5 Å². The van der Waals surface area contributed by atoms with Gasteiger partial charge >= 0.3 is 5.69 Å². The van der Waals surface area contributed by atoms with Crippen LogP contribution in [0.2, 0.25) is 0 Å². The van der Waals surface area contributed by atoms with Gasteiger partial charge in [0.25, 0.3) is 0 Å². The predicted molar refractivity (Wildman–Crippen MR) is 129 cm³/mol. The Bertz CT molecular complexity index is 1840. The molecule has 0 bridgehead atoms. The molecular formula is C25H20N3O5S-. The van der Waals surface area contributed by atoms with Crippen LogP contribution in [0.25, 0.3) is 37.5 Å². The van der Waals surface area contributed by atoms with Crippen molar-refractivity contribution >= 4 is 54.3 Å². The van der Waals surface area contributed by atoms with Crippen molar-refractivity contribution in [2.45, 2.75) is 24.2 Å². The van der Waals surface area contributed by atoms with Crippen LogP contribution in [0.3, 0.4) is 0 Å². The maximum atomic E-state index is 13.4. The van der Waals surface area contributed by atoms with E-state index in [9.17, 15) is 18.0 Å². The van der Waals surface area contributed by atoms with E-state index in [4.69, 9.17) is 4.42 Å². The van der Waals surface area contributed by atoms with E-state index in [1.807, 2.05) is 12.1 Å². The predicted octanol–water partition coefficient (Wildman–Crippen LogP) is 4.69. The van der Waals surface area contributed by atoms with E-state index in [0.29, 0.717) is 56.9 Å². The molecule has 0 amide bonds. The van der Waals surface area contributed by atoms with Crippen LogP contribution >= 0.6 is 0 Å². The van der Waals surface area contributed by atoms with Gasteiger partial charge < -0.3 is 9.14 Å². The summed E-state index contributed by atoms with van der Waals surface area (Å²) < 4.78 is 39.9. The van der Waals surface area contributed by atoms with Crippen molar-refractivity contribution in [1.29, 1.82) is 0 Å². The maximum Gasteiger partial charge on any atom is 0.328 e. The summed E-state index contributed by atoms with van der Waals surface area (Å²) >= 11 is 0. The highest BCUT2D eigenvalue weighted by Gasteiger charge is 2.25. The number of aromatic nitrogens is 2. The molecule has 0 unspecified atom stereocenters. The van der Waals surface area contributed by atoms with Crippen molar-refractivity contribution in [3.8, 4) is 0 Å². The van der Waals surface area contributed by atoms with Crippen LogP contribution in [0.15, 0.2) is 62.6 Å². The highest BCUT2D eigenvalue weighted by Crippen LogP contribution is 2.43. The van der Waals surface area contributed by atoms with Crippen LogP contribution in [0.5, 0.6) is 0 Å². The zero-order chi connectivity index (χ0) is 23.8. The van der Waals surface area contributed by atoms with Gasteiger partial charge in [-0.25, -0.2) is 13.2 Å². The number of sulfonamides is 1. The Labute approximate surface area is 194 Å². The van der Waals surface area contributed by atoms with Crippen molar-refractivity contribution in [3.63, 3.8) is 0 Å². The van der Waals surface area contributed by atoms with Crippen LogP contribution < -0.4 is 5.69 Å². The molecule has 8 nitrogen and oxygen atoms in total. The lowest BCUT2D eigenvalue weighted by molar-refractivity contribution is 0.0971. The van der Waals surface area contributed by atoms with E-state index < -0.39 is 10.0 Å². The molecule has 0 fully saturated rings. The number of nitrogens with zero attached hydrogens (tertiary/aromatic N) is 3. The lowest BCUT2D eigenvalue weighted by Crippen LogP contribution is -2.19. The number of ketones is 1. The van der Waals surface area contributed by atoms with Crippen LogP contribution in [0.4, 0.5) is 5.69 Å². The van der Waals surface area contributed by atoms with Gasteiger partial charge in [0.15, 0.2) is 5.78 Å². The summed E-state index contributed by atoms with van der Waals surface area (Å²) in [4.78, 5) is 24.9. The first-order valence-electron chi connectivity index (χ1n) is 10.9. The summed E-state index contributed by atoms with van der Waals surface area (Å²) in [5.41, 5.74) is 2.23. The fourth-order valence-corrected chi connectivity index (χ4v) is 5.89. The molecule has 0 radical (unpaired) electrons. The molecule has 34 heavy (non-hydrogen) atoms. The molecule has 2 heterocycles. The molecule has 5 aromatic rings. The van der Waals surface area contributed by atoms with E-state index in [-0.39, 0.29) is 22.1 Å². The summed E-state index contributed by atoms with van der Waals surface area (Å²) in [6, 6.07) is 13.4. The van der Waals surface area contributed by atoms with Crippen LogP contribution in [0, 0.1) is 0 Å². The second-order valence-electron chi connectivity index (χ2n) is 8.61. The van der Waals surface area contributed by atoms with Crippen molar-refractivity contribution in [3.05, 3.63) is 75.1 Å². The summed E-state index contributed by atoms with van der Waals surface area (Å²) in [5, 5.41) is 1.91. The lowest BCUT2D eigenvalue weighted by Gasteiger charge is -2.24. The Morgan fingerprint density at radius 2 is 1.62 bits per heavy atom. The molecule has 0 spiro atoms. The molecule has 9 heteroatoms. The van der Waals surface area contributed by atoms with Gasteiger partial charge in [-0.1, -0.05) is 30.3 Å². The average molecular weight is 475 g/mol. The molecule has 6 rings (SSSR count). The molecule has 1 aliphatic carbocycles. The standard InChI is InChI=1S/C25H20N3O5S/c1-27-19-11-10-14(12-20(19)28(2)25(27)30)34(31,32)26-18-13-17-23-21(29)8-5-9-22(23)33-24(17)16-7-4-3-6-15(16)18/h3-4,6-7,10-13H,5,8-9H2,1-2H3/q-1. The molecule has 0 saturated carbocycles. The first kappa shape index (κ1) is 20.7. The highest BCUT2D eigenvalue weighted by molar-refractivity contribution is 7.94. The van der Waals surface area contributed by atoms with Crippen LogP contribution in [-0.2, 0) is 30.5 Å². The summed E-state index contributed by atoms with van der Waals surface area (Å²) in [6.45, 7) is 0. The number of imidazole rings is 1. The molecular weight excluding hydrogens is 454 g/mol. The van der Waals surface area contributed by atoms with Gasteiger partial charge in [-0.15, -0.1) is 5.69 Å². The van der Waals surface area contributed by atoms with Crippen molar-refractivity contribution in [1.82, 2.24) is 9.13 Å². The van der Waals surface area contributed by atoms with E-state index in [1.165, 1.54) is 21.3 Å². The average Bonchev–Trinajstić information content (AvgIpc) is 3.31. The number of fused-ring (bicyclic) bond motifs is 6. The molecule has 0 aliphatic heterocycles. The number of Topliss-reactive ketones (excluding diaryl/α,β-unsaturated/α-hetero) is 1. The molecule has 0 saturated heterocycles. The van der Waals surface area contributed by atoms with Gasteiger partial charge in [0.1, 0.15) is 21.4 Å². The zero-order valence-electron chi connectivity index (χ0n) is 18.5. The molecule has 1 aliphatic rings. The Hall–Kier alpha value is -3.85. The monoisotopic (exact) mass is 474 g/mol. The first-order valence-corrected chi connectivity index (χ1v) is 12.3. The van der Waals surface area contributed by atoms with Gasteiger partial charge in [-0.2, -0.15) is 0 Å². The first-order chi connectivity index (χ1) is 16.3. The Morgan fingerprint density at radius 1 is 0.882 bits per heavy atom. The summed E-state index contributed by atoms with van der Waals surface area (Å²) in [7, 11) is -0.886. The number of hydrogen-bond donors (Lipinski definition) is 0. The van der Waals surface area contributed by atoms with E-state index >= 15 is 0 Å². The quantitative estimate of drug-likeness (QED) is 0.377. The maximum absolute atomic E-state index is 13.4. The van der Waals surface area contributed by atoms with Gasteiger partial charge in [0.2, 0.25) is 0 Å². The SMILES string of the molecule is Cn1c(=O)n(C)c2cc(S(=O)(=O)[N-]c3cc4c5c(oc4c4ccccc34)CCCC5=O)ccc21. The normalized spacial score (nSPS) is 14.2. The van der Waals surface area contributed by atoms with Gasteiger partial charge in [-0.05, 0) is 30.0 Å². The minimum atomic E-state index is -4.12. The van der Waals surface area contributed by atoms with E-state index in [2.05, 4.69) is 4.72 Å². The fraction of sp³-hybridized carbons (Fsp3) is 0.200. The number of rotatable bonds is 3. The van der Waals surface area contributed by atoms with Gasteiger partial charge in [0, 0.05) is 37.7 Å². The van der Waals surface area contributed by atoms with E-state index in [0.717, 1.165) is 6.42 Å². The van der Waals surface area contributed by atoms with Crippen molar-refractivity contribution in [2.24, 2.45) is 14.1 Å². The third-order valence-corrected chi connectivity index (χ3v) is 7.88. The highest BCUT2D eigenvalue weighted by atomic mass is 32.2. The number of benzene rings is 3. The molecule has 2 aromatic heterocycles. The molecule has 3 aromatic carbocycles. The minimum absolute atomic E-state index is 0.000431. The number of hydrogen-bond acceptors (Lipinski definition) is 5. The summed E-state index contributed by atoms with van der Waals surface area (Å²) in [6.07, 6.45) is 1.85. The second kappa shape index (κ2) is 7.07. The van der Waals surface area contributed by atoms with Crippen LogP contribution in [0.1, 0.15) is 29.0 Å². The number of aryl methyl sites for hydroxylation is 3. The lowest BCUT2D eigenvalue weighted by atomic mass is 9.93. The van der Waals surface area contributed by atoms with E-state index in [1.54, 1.807) is 38.4 Å². The van der Waals surface area contributed by atoms with Crippen LogP contribution in [-0.4, -0.2) is 23.3 Å². The molecule has 0 atom stereocenters. The number of furan rings is 1. The Kier molecular flexibility index (Phi) is 4.31. The topological polar surface area (TPSA) is 105 Å². The minimum Gasteiger partial charge on any atom is -0.572 e. The smallest absolute Gasteiger partial charge is 0.328 e. The molecule has 172 valence electrons. The number of carbonyl (C=O) groups is 1. The zero-order valence-corrected chi connectivity index (χ0v) is 19.3. The van der Waals surface area contributed by atoms with Gasteiger partial charge in [-0.3, -0.25) is 13.9 Å². The second-order valence-corrected chi connectivity index (χ2v) is 10.2. The third-order valence-electron chi connectivity index (χ3n) is 6.59. The third kappa shape index (κ3) is 2.86. The Morgan fingerprint density at radius 3 is 2.41 bits per heavy atom. The van der Waals surface area contributed by atoms with Crippen molar-refractivity contribution < 1.29 is 17.6 Å². The Balaban J connectivity index is 1.54. The fourth-order valence-electron chi connectivity index (χ4n) is 4.87. The number of carbonyl (C=O) groups excluding carboxylic acids is 1. The summed E-state index contributed by atoms with van der Waals surface area (Å²) in [5.74, 6) is 0.645.